The van der Waals surface area contributed by atoms with Crippen molar-refractivity contribution >= 4 is 83.8 Å². The zero-order chi connectivity index (χ0) is 40.5. The molecule has 55 heavy (non-hydrogen) atoms. The number of nitrogens with one attached hydrogen (secondary N) is 1. The van der Waals surface area contributed by atoms with Crippen LogP contribution in [0.4, 0.5) is 4.79 Å². The smallest absolute Gasteiger partial charge is 0.407 e. The van der Waals surface area contributed by atoms with Crippen LogP contribution in [0.1, 0.15) is 47.1 Å². The van der Waals surface area contributed by atoms with E-state index in [1.165, 1.54) is 26.2 Å². The first-order chi connectivity index (χ1) is 26.2. The summed E-state index contributed by atoms with van der Waals surface area (Å²) in [6, 6.07) is 32.3. The molecule has 2 aromatic heterocycles. The number of phenols is 1. The van der Waals surface area contributed by atoms with Crippen molar-refractivity contribution in [3.05, 3.63) is 134 Å². The molecule has 0 saturated carbocycles. The van der Waals surface area contributed by atoms with Crippen LogP contribution in [-0.2, 0) is 4.74 Å². The number of amides is 1. The molecule has 0 aliphatic carbocycles. The molecule has 4 aromatic carbocycles. The fraction of sp³-hybridized carbons (Fsp3) is 0.175. The third-order valence-corrected chi connectivity index (χ3v) is 12.5. The number of benzene rings is 4. The Labute approximate surface area is 345 Å². The van der Waals surface area contributed by atoms with E-state index in [2.05, 4.69) is 11.1 Å². The predicted octanol–water partition coefficient (Wildman–Crippen LogP) is 11.6. The van der Waals surface area contributed by atoms with Crippen LogP contribution < -0.4 is 20.5 Å². The lowest BCUT2D eigenvalue weighted by Crippen LogP contribution is -2.30. The first kappa shape index (κ1) is 44.8. The second kappa shape index (κ2) is 22.1. The molecule has 0 aliphatic rings. The Balaban J connectivity index is 0.000000235. The molecule has 2 heterocycles. The van der Waals surface area contributed by atoms with Crippen molar-refractivity contribution in [2.45, 2.75) is 33.3 Å². The fourth-order valence-electron chi connectivity index (χ4n) is 4.22. The highest BCUT2D eigenvalue weighted by Gasteiger charge is 2.15. The minimum absolute atomic E-state index is 0.0952. The number of carbonyl (C=O) groups excluding carboxylic acids is 3. The Morgan fingerprint density at radius 1 is 0.655 bits per heavy atom. The van der Waals surface area contributed by atoms with Crippen molar-refractivity contribution in [1.29, 1.82) is 0 Å². The van der Waals surface area contributed by atoms with Crippen LogP contribution in [0, 0.1) is 14.6 Å². The monoisotopic (exact) mass is 852 g/mol. The van der Waals surface area contributed by atoms with Crippen molar-refractivity contribution in [1.82, 2.24) is 5.32 Å². The van der Waals surface area contributed by atoms with Crippen molar-refractivity contribution in [2.24, 2.45) is 5.73 Å². The topological polar surface area (TPSA) is 137 Å². The fourth-order valence-corrected chi connectivity index (χ4v) is 9.03. The maximum atomic E-state index is 12.2. The Bertz CT molecular complexity index is 2120. The molecular weight excluding hydrogens is 813 g/mol. The molecule has 288 valence electrons. The molecule has 4 N–H and O–H groups in total. The summed E-state index contributed by atoms with van der Waals surface area (Å²) in [4.78, 5) is 36.9. The number of ether oxygens (including phenoxy) is 3. The molecule has 0 unspecified atom stereocenters. The molecule has 6 rings (SSSR count). The molecule has 0 radical (unpaired) electrons. The highest BCUT2D eigenvalue weighted by Crippen LogP contribution is 2.32. The van der Waals surface area contributed by atoms with Gasteiger partial charge in [-0.25, -0.2) is 14.4 Å². The van der Waals surface area contributed by atoms with Gasteiger partial charge in [0.25, 0.3) is 0 Å². The van der Waals surface area contributed by atoms with Gasteiger partial charge in [0, 0.05) is 16.8 Å². The molecule has 0 fully saturated rings. The summed E-state index contributed by atoms with van der Waals surface area (Å²) in [6.45, 7) is 7.36. The molecule has 15 heteroatoms. The number of carbonyl (C=O) groups is 3. The number of hydrogen-bond acceptors (Lipinski definition) is 14. The normalized spacial score (nSPS) is 10.2. The Morgan fingerprint density at radius 3 is 1.44 bits per heavy atom. The van der Waals surface area contributed by atoms with Gasteiger partial charge in [0.2, 0.25) is 0 Å². The van der Waals surface area contributed by atoms with E-state index in [-0.39, 0.29) is 29.0 Å². The number of rotatable bonds is 6. The number of nitrogens with two attached hydrogens (primary N) is 1. The Morgan fingerprint density at radius 2 is 1.07 bits per heavy atom. The molecular formula is C40H40N2O7S6. The SMILES string of the molecule is CN.CNC(=O)OC(C)(C)C.Cc1ccccc1C(=O)Oc1ccc(-c2cc(=S)ss2)cc1.O=C(Oc1ccc(-c2cc(=S)ss2)cc1)c1ccccc1O. The van der Waals surface area contributed by atoms with Crippen LogP contribution in [-0.4, -0.2) is 42.8 Å². The summed E-state index contributed by atoms with van der Waals surface area (Å²) >= 11 is 10.3. The van der Waals surface area contributed by atoms with E-state index >= 15 is 0 Å². The van der Waals surface area contributed by atoms with Gasteiger partial charge in [-0.05, 0) is 130 Å². The standard InChI is InChI=1S/C17H12O2S3.C16H10O3S3.C6H13NO2.CH5N/c1-11-4-2-3-5-14(11)17(18)19-13-8-6-12(7-9-13)15-10-16(20)22-21-15;17-13-4-2-1-3-12(13)16(18)19-11-7-5-10(6-8-11)14-9-15(20)22-21-14;1-6(2,3)9-5(8)7-4;1-2/h2-10H,1H3;1-9,17H;1-4H3,(H,7,8);2H2,1H3. The van der Waals surface area contributed by atoms with E-state index in [9.17, 15) is 19.5 Å². The molecule has 0 bridgehead atoms. The first-order valence-corrected chi connectivity index (χ1v) is 21.5. The third kappa shape index (κ3) is 14.9. The van der Waals surface area contributed by atoms with Gasteiger partial charge in [0.1, 0.15) is 36.1 Å². The molecule has 0 spiro atoms. The van der Waals surface area contributed by atoms with Crippen molar-refractivity contribution in [2.75, 3.05) is 14.1 Å². The second-order valence-electron chi connectivity index (χ2n) is 11.9. The van der Waals surface area contributed by atoms with E-state index in [1.54, 1.807) is 83.8 Å². The van der Waals surface area contributed by atoms with Crippen molar-refractivity contribution < 1.29 is 33.7 Å². The van der Waals surface area contributed by atoms with Gasteiger partial charge in [-0.2, -0.15) is 0 Å². The van der Waals surface area contributed by atoms with Crippen molar-refractivity contribution in [3.63, 3.8) is 0 Å². The summed E-state index contributed by atoms with van der Waals surface area (Å²) in [5.74, 6) is -0.0529. The van der Waals surface area contributed by atoms with Gasteiger partial charge >= 0.3 is 18.0 Å². The average molecular weight is 853 g/mol. The molecule has 9 nitrogen and oxygen atoms in total. The van der Waals surface area contributed by atoms with Crippen LogP contribution in [0.3, 0.4) is 0 Å². The number of alkyl carbamates (subject to hydrolysis) is 1. The maximum Gasteiger partial charge on any atom is 0.407 e. The molecule has 1 amide bonds. The second-order valence-corrected chi connectivity index (χ2v) is 17.7. The lowest BCUT2D eigenvalue weighted by molar-refractivity contribution is 0.0540. The Hall–Kier alpha value is -4.61. The highest BCUT2D eigenvalue weighted by molar-refractivity contribution is 7.80. The third-order valence-electron chi connectivity index (χ3n) is 6.72. The number of esters is 2. The van der Waals surface area contributed by atoms with E-state index in [1.807, 2.05) is 82.3 Å². The van der Waals surface area contributed by atoms with Gasteiger partial charge in [0.05, 0.1) is 5.56 Å². The quantitative estimate of drug-likeness (QED) is 0.0642. The lowest BCUT2D eigenvalue weighted by Gasteiger charge is -2.18. The van der Waals surface area contributed by atoms with Crippen molar-refractivity contribution in [3.8, 4) is 38.1 Å². The number of aromatic hydroxyl groups is 1. The van der Waals surface area contributed by atoms with Gasteiger partial charge in [-0.15, -0.1) is 0 Å². The summed E-state index contributed by atoms with van der Waals surface area (Å²) in [5, 5.41) is 12.0. The van der Waals surface area contributed by atoms with Crippen LogP contribution >= 0.6 is 65.8 Å². The predicted molar refractivity (Wildman–Crippen MR) is 232 cm³/mol. The van der Waals surface area contributed by atoms with E-state index in [4.69, 9.17) is 38.6 Å². The molecule has 6 aromatic rings. The number of para-hydroxylation sites is 1. The van der Waals surface area contributed by atoms with Crippen LogP contribution in [0.25, 0.3) is 20.9 Å². The maximum absolute atomic E-state index is 12.2. The lowest BCUT2D eigenvalue weighted by atomic mass is 10.1. The van der Waals surface area contributed by atoms with E-state index < -0.39 is 5.97 Å². The molecule has 0 saturated heterocycles. The number of aryl methyl sites for hydroxylation is 1. The minimum atomic E-state index is -0.586. The van der Waals surface area contributed by atoms with Crippen LogP contribution in [0.5, 0.6) is 17.2 Å². The molecule has 0 aliphatic heterocycles. The number of hydrogen-bond donors (Lipinski definition) is 3. The summed E-state index contributed by atoms with van der Waals surface area (Å²) in [7, 11) is 9.45. The zero-order valence-electron chi connectivity index (χ0n) is 30.8. The summed E-state index contributed by atoms with van der Waals surface area (Å²) < 4.78 is 17.3. The van der Waals surface area contributed by atoms with Gasteiger partial charge in [-0.3, -0.25) is 0 Å². The largest absolute Gasteiger partial charge is 0.507 e. The van der Waals surface area contributed by atoms with Crippen LogP contribution in [0.15, 0.2) is 109 Å². The Kier molecular flexibility index (Phi) is 18.0. The van der Waals surface area contributed by atoms with E-state index in [0.29, 0.717) is 17.1 Å². The highest BCUT2D eigenvalue weighted by atomic mass is 32.9. The minimum Gasteiger partial charge on any atom is -0.507 e. The van der Waals surface area contributed by atoms with Gasteiger partial charge < -0.3 is 30.4 Å². The zero-order valence-corrected chi connectivity index (χ0v) is 35.7. The van der Waals surface area contributed by atoms with Gasteiger partial charge in [-0.1, -0.05) is 96.1 Å². The van der Waals surface area contributed by atoms with Gasteiger partial charge in [0.15, 0.2) is 0 Å². The van der Waals surface area contributed by atoms with E-state index in [0.717, 1.165) is 34.1 Å². The summed E-state index contributed by atoms with van der Waals surface area (Å²) in [5.41, 5.74) is 7.85. The van der Waals surface area contributed by atoms with Crippen LogP contribution in [0.2, 0.25) is 0 Å². The molecule has 0 atom stereocenters. The number of phenolic OH excluding ortho intramolecular Hbond substituents is 1. The average Bonchev–Trinajstić information content (AvgIpc) is 3.81. The first-order valence-electron chi connectivity index (χ1n) is 16.4. The summed E-state index contributed by atoms with van der Waals surface area (Å²) in [6.07, 6.45) is -0.387.